The quantitative estimate of drug-likeness (QED) is 0.158. The van der Waals surface area contributed by atoms with Gasteiger partial charge in [0.25, 0.3) is 0 Å². The number of carbonyl (C=O) groups is 1. The third-order valence-corrected chi connectivity index (χ3v) is 6.99. The van der Waals surface area contributed by atoms with Gasteiger partial charge >= 0.3 is 18.4 Å². The summed E-state index contributed by atoms with van der Waals surface area (Å²) in [4.78, 5) is 19.3. The Morgan fingerprint density at radius 2 is 1.39 bits per heavy atom. The molecule has 246 valence electrons. The van der Waals surface area contributed by atoms with Gasteiger partial charge in [-0.25, -0.2) is 9.78 Å². The minimum atomic E-state index is -5.04. The minimum absolute atomic E-state index is 0.0216. The summed E-state index contributed by atoms with van der Waals surface area (Å²) in [7, 11) is 1.55. The van der Waals surface area contributed by atoms with E-state index in [2.05, 4.69) is 29.0 Å². The van der Waals surface area contributed by atoms with Crippen LogP contribution in [0.4, 0.5) is 42.5 Å². The highest BCUT2D eigenvalue weighted by atomic mass is 19.4. The standard InChI is InChI=1S/C32H32F6N4O4/c1-5-42(6-2)11-12-45-29-18-26-20(14-28(29)44-4)13-27(19(3)39-26)46-25-9-7-23(8-10-25)40-30(43)41-24-16-21(31(33,34)35)15-22(17-24)32(36,37)38/h7-10,13-18H,5-6,11-12H2,1-4H3,(H2,40,41,43). The highest BCUT2D eigenvalue weighted by Gasteiger charge is 2.37. The summed E-state index contributed by atoms with van der Waals surface area (Å²) in [5.74, 6) is 1.94. The van der Waals surface area contributed by atoms with E-state index in [1.807, 2.05) is 11.4 Å². The topological polar surface area (TPSA) is 85.0 Å². The molecule has 0 radical (unpaired) electrons. The number of ether oxygens (including phenoxy) is 3. The highest BCUT2D eigenvalue weighted by Crippen LogP contribution is 2.38. The summed E-state index contributed by atoms with van der Waals surface area (Å²) in [6.07, 6.45) is -10.1. The van der Waals surface area contributed by atoms with E-state index in [9.17, 15) is 31.1 Å². The zero-order chi connectivity index (χ0) is 33.6. The molecule has 2 N–H and O–H groups in total. The van der Waals surface area contributed by atoms with Crippen molar-refractivity contribution in [3.8, 4) is 23.0 Å². The summed E-state index contributed by atoms with van der Waals surface area (Å²) in [6, 6.07) is 11.1. The molecule has 0 saturated heterocycles. The predicted octanol–water partition coefficient (Wildman–Crippen LogP) is 8.75. The van der Waals surface area contributed by atoms with Crippen LogP contribution in [0, 0.1) is 6.92 Å². The number of urea groups is 1. The number of benzene rings is 3. The average Bonchev–Trinajstić information content (AvgIpc) is 2.99. The number of hydrogen-bond donors (Lipinski definition) is 2. The molecule has 0 saturated carbocycles. The van der Waals surface area contributed by atoms with E-state index in [0.29, 0.717) is 52.9 Å². The first kappa shape index (κ1) is 34.2. The normalized spacial score (nSPS) is 11.9. The van der Waals surface area contributed by atoms with Crippen LogP contribution in [0.1, 0.15) is 30.7 Å². The summed E-state index contributed by atoms with van der Waals surface area (Å²) in [6.45, 7) is 9.05. The Kier molecular flexibility index (Phi) is 10.5. The molecule has 0 spiro atoms. The molecule has 1 aromatic heterocycles. The molecule has 0 aliphatic carbocycles. The SMILES string of the molecule is CCN(CC)CCOc1cc2nc(C)c(Oc3ccc(NC(=O)Nc4cc(C(F)(F)F)cc(C(F)(F)F)c4)cc3)cc2cc1OC. The van der Waals surface area contributed by atoms with Gasteiger partial charge < -0.3 is 29.7 Å². The van der Waals surface area contributed by atoms with E-state index in [1.165, 1.54) is 24.3 Å². The maximum absolute atomic E-state index is 13.1. The molecular weight excluding hydrogens is 618 g/mol. The Bertz CT molecular complexity index is 1640. The first-order chi connectivity index (χ1) is 21.7. The summed E-state index contributed by atoms with van der Waals surface area (Å²) in [5.41, 5.74) is -2.29. The van der Waals surface area contributed by atoms with E-state index in [1.54, 1.807) is 26.2 Å². The monoisotopic (exact) mass is 650 g/mol. The lowest BCUT2D eigenvalue weighted by Gasteiger charge is -2.19. The van der Waals surface area contributed by atoms with E-state index in [4.69, 9.17) is 14.2 Å². The van der Waals surface area contributed by atoms with E-state index >= 15 is 0 Å². The molecule has 14 heteroatoms. The molecule has 4 aromatic rings. The fourth-order valence-corrected chi connectivity index (χ4v) is 4.51. The Morgan fingerprint density at radius 3 is 1.96 bits per heavy atom. The van der Waals surface area contributed by atoms with Crippen LogP contribution in [0.2, 0.25) is 0 Å². The molecule has 8 nitrogen and oxygen atoms in total. The van der Waals surface area contributed by atoms with Gasteiger partial charge in [0, 0.05) is 29.4 Å². The number of alkyl halides is 6. The molecule has 2 amide bonds. The summed E-state index contributed by atoms with van der Waals surface area (Å²) < 4.78 is 96.3. The second-order valence-electron chi connectivity index (χ2n) is 10.1. The third kappa shape index (κ3) is 8.71. The number of pyridine rings is 1. The molecule has 0 fully saturated rings. The van der Waals surface area contributed by atoms with Crippen LogP contribution in [-0.2, 0) is 12.4 Å². The van der Waals surface area contributed by atoms with Gasteiger partial charge in [0.2, 0.25) is 0 Å². The first-order valence-corrected chi connectivity index (χ1v) is 14.2. The number of anilines is 2. The zero-order valence-electron chi connectivity index (χ0n) is 25.4. The fourth-order valence-electron chi connectivity index (χ4n) is 4.51. The number of aryl methyl sites for hydroxylation is 1. The number of rotatable bonds is 11. The molecule has 1 heterocycles. The van der Waals surface area contributed by atoms with E-state index in [0.717, 1.165) is 25.0 Å². The molecule has 0 aliphatic rings. The molecule has 0 aliphatic heterocycles. The molecule has 0 unspecified atom stereocenters. The van der Waals surface area contributed by atoms with Crippen molar-refractivity contribution in [3.63, 3.8) is 0 Å². The maximum Gasteiger partial charge on any atom is 0.416 e. The number of methoxy groups -OCH3 is 1. The number of nitrogens with one attached hydrogen (secondary N) is 2. The van der Waals surface area contributed by atoms with Gasteiger partial charge in [-0.05, 0) is 74.6 Å². The van der Waals surface area contributed by atoms with Crippen molar-refractivity contribution < 1.29 is 45.3 Å². The van der Waals surface area contributed by atoms with Crippen molar-refractivity contribution in [3.05, 3.63) is 77.5 Å². The number of halogens is 6. The van der Waals surface area contributed by atoms with Crippen LogP contribution in [0.15, 0.2) is 60.7 Å². The minimum Gasteiger partial charge on any atom is -0.493 e. The number of amides is 2. The third-order valence-electron chi connectivity index (χ3n) is 6.99. The van der Waals surface area contributed by atoms with Gasteiger partial charge in [-0.3, -0.25) is 0 Å². The second-order valence-corrected chi connectivity index (χ2v) is 10.1. The average molecular weight is 651 g/mol. The lowest BCUT2D eigenvalue weighted by Crippen LogP contribution is -2.27. The lowest BCUT2D eigenvalue weighted by molar-refractivity contribution is -0.143. The predicted molar refractivity (Wildman–Crippen MR) is 162 cm³/mol. The fraction of sp³-hybridized carbons (Fsp3) is 0.312. The van der Waals surface area contributed by atoms with Gasteiger partial charge in [-0.1, -0.05) is 13.8 Å². The molecule has 0 atom stereocenters. The van der Waals surface area contributed by atoms with Crippen molar-refractivity contribution in [2.24, 2.45) is 0 Å². The maximum atomic E-state index is 13.1. The number of aromatic nitrogens is 1. The number of carbonyl (C=O) groups excluding carboxylic acids is 1. The molecule has 0 bridgehead atoms. The number of nitrogens with zero attached hydrogens (tertiary/aromatic N) is 2. The van der Waals surface area contributed by atoms with E-state index < -0.39 is 35.2 Å². The van der Waals surface area contributed by atoms with Gasteiger partial charge in [0.1, 0.15) is 18.1 Å². The Morgan fingerprint density at radius 1 is 0.804 bits per heavy atom. The van der Waals surface area contributed by atoms with Crippen molar-refractivity contribution in [2.45, 2.75) is 33.1 Å². The smallest absolute Gasteiger partial charge is 0.416 e. The zero-order valence-corrected chi connectivity index (χ0v) is 25.4. The Labute approximate surface area is 261 Å². The lowest BCUT2D eigenvalue weighted by atomic mass is 10.1. The van der Waals surface area contributed by atoms with Crippen LogP contribution in [-0.4, -0.2) is 49.3 Å². The number of fused-ring (bicyclic) bond motifs is 1. The van der Waals surface area contributed by atoms with Crippen molar-refractivity contribution >= 4 is 28.3 Å². The molecule has 46 heavy (non-hydrogen) atoms. The van der Waals surface area contributed by atoms with Crippen LogP contribution in [0.3, 0.4) is 0 Å². The Hall–Kier alpha value is -4.72. The van der Waals surface area contributed by atoms with E-state index in [-0.39, 0.29) is 11.8 Å². The largest absolute Gasteiger partial charge is 0.493 e. The van der Waals surface area contributed by atoms with Crippen molar-refractivity contribution in [2.75, 3.05) is 44.0 Å². The van der Waals surface area contributed by atoms with Crippen LogP contribution >= 0.6 is 0 Å². The summed E-state index contributed by atoms with van der Waals surface area (Å²) in [5, 5.41) is 5.13. The number of likely N-dealkylation sites (N-methyl/N-ethyl adjacent to an activating group) is 1. The Balaban J connectivity index is 1.44. The number of hydrogen-bond acceptors (Lipinski definition) is 6. The van der Waals surface area contributed by atoms with Crippen LogP contribution in [0.25, 0.3) is 10.9 Å². The van der Waals surface area contributed by atoms with Gasteiger partial charge in [0.05, 0.1) is 29.4 Å². The van der Waals surface area contributed by atoms with Crippen molar-refractivity contribution in [1.29, 1.82) is 0 Å². The first-order valence-electron chi connectivity index (χ1n) is 14.2. The van der Waals surface area contributed by atoms with Crippen LogP contribution in [0.5, 0.6) is 23.0 Å². The van der Waals surface area contributed by atoms with Gasteiger partial charge in [0.15, 0.2) is 11.5 Å². The molecule has 4 rings (SSSR count). The summed E-state index contributed by atoms with van der Waals surface area (Å²) >= 11 is 0. The van der Waals surface area contributed by atoms with Crippen molar-refractivity contribution in [1.82, 2.24) is 9.88 Å². The van der Waals surface area contributed by atoms with Gasteiger partial charge in [-0.2, -0.15) is 26.3 Å². The molecule has 3 aromatic carbocycles. The van der Waals surface area contributed by atoms with Crippen LogP contribution < -0.4 is 24.8 Å². The highest BCUT2D eigenvalue weighted by molar-refractivity contribution is 5.99. The molecular formula is C32H32F6N4O4. The van der Waals surface area contributed by atoms with Gasteiger partial charge in [-0.15, -0.1) is 0 Å². The second kappa shape index (κ2) is 14.1.